The number of aromatic amines is 1. The van der Waals surface area contributed by atoms with Crippen molar-refractivity contribution in [1.29, 1.82) is 0 Å². The van der Waals surface area contributed by atoms with Crippen molar-refractivity contribution in [3.8, 4) is 0 Å². The number of nitrogens with zero attached hydrogens (tertiary/aromatic N) is 1. The molecule has 2 atom stereocenters. The lowest BCUT2D eigenvalue weighted by molar-refractivity contribution is 0.526. The number of hydrogen-bond acceptors (Lipinski definition) is 2. The highest BCUT2D eigenvalue weighted by atomic mass is 16.1. The van der Waals surface area contributed by atoms with Gasteiger partial charge < -0.3 is 10.7 Å². The van der Waals surface area contributed by atoms with E-state index < -0.39 is 0 Å². The summed E-state index contributed by atoms with van der Waals surface area (Å²) >= 11 is 0. The quantitative estimate of drug-likeness (QED) is 0.725. The van der Waals surface area contributed by atoms with Crippen LogP contribution in [0.4, 0.5) is 0 Å². The molecule has 1 aliphatic heterocycles. The summed E-state index contributed by atoms with van der Waals surface area (Å²) in [5.41, 5.74) is 9.07. The van der Waals surface area contributed by atoms with Gasteiger partial charge in [-0.05, 0) is 18.1 Å². The summed E-state index contributed by atoms with van der Waals surface area (Å²) in [6.07, 6.45) is 2.67. The number of imidazole rings is 1. The van der Waals surface area contributed by atoms with Crippen LogP contribution in [0.25, 0.3) is 11.0 Å². The van der Waals surface area contributed by atoms with Gasteiger partial charge >= 0.3 is 5.69 Å². The summed E-state index contributed by atoms with van der Waals surface area (Å²) in [6.45, 7) is 4.53. The SMILES string of the molecule is C=CC1c2cccc3[nH]c(=O)n(c23)CCC1N. The molecule has 0 spiro atoms. The van der Waals surface area contributed by atoms with Gasteiger partial charge in [0.25, 0.3) is 0 Å². The molecule has 0 saturated heterocycles. The van der Waals surface area contributed by atoms with Crippen LogP contribution in [0.5, 0.6) is 0 Å². The third kappa shape index (κ3) is 1.37. The molecule has 2 heterocycles. The third-order valence-electron chi connectivity index (χ3n) is 3.58. The number of aromatic nitrogens is 2. The van der Waals surface area contributed by atoms with Crippen molar-refractivity contribution < 1.29 is 0 Å². The van der Waals surface area contributed by atoms with Gasteiger partial charge in [-0.3, -0.25) is 4.57 Å². The van der Waals surface area contributed by atoms with Gasteiger partial charge in [0.05, 0.1) is 11.0 Å². The zero-order chi connectivity index (χ0) is 12.0. The zero-order valence-electron chi connectivity index (χ0n) is 9.52. The Kier molecular flexibility index (Phi) is 2.19. The molecule has 1 aliphatic rings. The molecule has 17 heavy (non-hydrogen) atoms. The third-order valence-corrected chi connectivity index (χ3v) is 3.58. The van der Waals surface area contributed by atoms with Gasteiger partial charge in [-0.15, -0.1) is 6.58 Å². The molecule has 88 valence electrons. The van der Waals surface area contributed by atoms with Crippen molar-refractivity contribution in [2.45, 2.75) is 24.9 Å². The number of benzene rings is 1. The normalized spacial score (nSPS) is 23.6. The number of nitrogens with one attached hydrogen (secondary N) is 1. The Morgan fingerprint density at radius 2 is 2.35 bits per heavy atom. The van der Waals surface area contributed by atoms with Crippen molar-refractivity contribution in [2.24, 2.45) is 5.73 Å². The fraction of sp³-hybridized carbons (Fsp3) is 0.308. The van der Waals surface area contributed by atoms with E-state index >= 15 is 0 Å². The number of para-hydroxylation sites is 1. The molecule has 2 aromatic rings. The first-order chi connectivity index (χ1) is 8.22. The number of nitrogens with two attached hydrogens (primary N) is 1. The minimum atomic E-state index is -0.0515. The van der Waals surface area contributed by atoms with Gasteiger partial charge in [0.2, 0.25) is 0 Å². The molecule has 0 amide bonds. The Labute approximate surface area is 98.7 Å². The Balaban J connectivity index is 2.40. The molecule has 0 radical (unpaired) electrons. The number of H-pyrrole nitrogens is 1. The Morgan fingerprint density at radius 3 is 3.12 bits per heavy atom. The predicted molar refractivity (Wildman–Crippen MR) is 68.1 cm³/mol. The second kappa shape index (κ2) is 3.60. The van der Waals surface area contributed by atoms with Crippen molar-refractivity contribution in [3.05, 3.63) is 46.9 Å². The minimum absolute atomic E-state index is 0.0254. The van der Waals surface area contributed by atoms with Gasteiger partial charge in [0, 0.05) is 18.5 Å². The maximum atomic E-state index is 11.9. The molecule has 2 unspecified atom stereocenters. The van der Waals surface area contributed by atoms with E-state index in [-0.39, 0.29) is 17.6 Å². The van der Waals surface area contributed by atoms with E-state index in [2.05, 4.69) is 11.6 Å². The summed E-state index contributed by atoms with van der Waals surface area (Å²) in [5.74, 6) is 0.114. The lowest BCUT2D eigenvalue weighted by Crippen LogP contribution is -2.27. The maximum Gasteiger partial charge on any atom is 0.326 e. The van der Waals surface area contributed by atoms with Gasteiger partial charge in [0.1, 0.15) is 0 Å². The van der Waals surface area contributed by atoms with E-state index in [0.717, 1.165) is 23.0 Å². The van der Waals surface area contributed by atoms with Crippen molar-refractivity contribution in [1.82, 2.24) is 9.55 Å². The molecule has 0 bridgehead atoms. The molecule has 0 aliphatic carbocycles. The first kappa shape index (κ1) is 10.4. The molecule has 1 aromatic heterocycles. The average Bonchev–Trinajstić information content (AvgIpc) is 2.55. The van der Waals surface area contributed by atoms with E-state index in [1.165, 1.54) is 0 Å². The van der Waals surface area contributed by atoms with Crippen LogP contribution in [-0.4, -0.2) is 15.6 Å². The molecular formula is C13H15N3O. The van der Waals surface area contributed by atoms with Crippen LogP contribution in [0.1, 0.15) is 17.9 Å². The Bertz CT molecular complexity index is 638. The zero-order valence-corrected chi connectivity index (χ0v) is 9.52. The molecule has 0 saturated carbocycles. The second-order valence-electron chi connectivity index (χ2n) is 4.54. The first-order valence-corrected chi connectivity index (χ1v) is 5.82. The fourth-order valence-electron chi connectivity index (χ4n) is 2.72. The molecule has 4 heteroatoms. The van der Waals surface area contributed by atoms with Crippen molar-refractivity contribution in [2.75, 3.05) is 0 Å². The highest BCUT2D eigenvalue weighted by Crippen LogP contribution is 2.30. The van der Waals surface area contributed by atoms with Crippen LogP contribution >= 0.6 is 0 Å². The minimum Gasteiger partial charge on any atom is -0.327 e. The predicted octanol–water partition coefficient (Wildman–Crippen LogP) is 1.33. The van der Waals surface area contributed by atoms with Gasteiger partial charge in [-0.25, -0.2) is 4.79 Å². The highest BCUT2D eigenvalue weighted by Gasteiger charge is 2.25. The van der Waals surface area contributed by atoms with E-state index in [9.17, 15) is 4.79 Å². The average molecular weight is 229 g/mol. The second-order valence-corrected chi connectivity index (χ2v) is 4.54. The lowest BCUT2D eigenvalue weighted by atomic mass is 9.90. The standard InChI is InChI=1S/C13H15N3O/c1-2-8-9-4-3-5-11-12(9)16(13(17)15-11)7-6-10(8)14/h2-5,8,10H,1,6-7,14H2,(H,15,17). The van der Waals surface area contributed by atoms with Crippen LogP contribution in [0.15, 0.2) is 35.6 Å². The Morgan fingerprint density at radius 1 is 1.53 bits per heavy atom. The van der Waals surface area contributed by atoms with Crippen LogP contribution < -0.4 is 11.4 Å². The van der Waals surface area contributed by atoms with Crippen molar-refractivity contribution >= 4 is 11.0 Å². The van der Waals surface area contributed by atoms with Crippen molar-refractivity contribution in [3.63, 3.8) is 0 Å². The first-order valence-electron chi connectivity index (χ1n) is 5.82. The van der Waals surface area contributed by atoms with E-state index in [4.69, 9.17) is 5.73 Å². The summed E-state index contributed by atoms with van der Waals surface area (Å²) in [6, 6.07) is 5.93. The van der Waals surface area contributed by atoms with Gasteiger partial charge in [-0.2, -0.15) is 0 Å². The largest absolute Gasteiger partial charge is 0.327 e. The van der Waals surface area contributed by atoms with Gasteiger partial charge in [-0.1, -0.05) is 18.2 Å². The molecule has 4 nitrogen and oxygen atoms in total. The van der Waals surface area contributed by atoms with E-state index in [1.54, 1.807) is 4.57 Å². The number of rotatable bonds is 1. The summed E-state index contributed by atoms with van der Waals surface area (Å²) in [7, 11) is 0. The summed E-state index contributed by atoms with van der Waals surface area (Å²) in [4.78, 5) is 14.7. The molecule has 0 fully saturated rings. The topological polar surface area (TPSA) is 63.8 Å². The molecule has 3 N–H and O–H groups in total. The van der Waals surface area contributed by atoms with Crippen LogP contribution in [0.3, 0.4) is 0 Å². The van der Waals surface area contributed by atoms with E-state index in [1.807, 2.05) is 24.3 Å². The van der Waals surface area contributed by atoms with Crippen LogP contribution in [-0.2, 0) is 6.54 Å². The molecule has 1 aromatic carbocycles. The summed E-state index contributed by atoms with van der Waals surface area (Å²) in [5, 5.41) is 0. The summed E-state index contributed by atoms with van der Waals surface area (Å²) < 4.78 is 1.79. The Hall–Kier alpha value is -1.81. The number of hydrogen-bond donors (Lipinski definition) is 2. The highest BCUT2D eigenvalue weighted by molar-refractivity contribution is 5.80. The fourth-order valence-corrected chi connectivity index (χ4v) is 2.72. The smallest absolute Gasteiger partial charge is 0.326 e. The monoisotopic (exact) mass is 229 g/mol. The molecular weight excluding hydrogens is 214 g/mol. The maximum absolute atomic E-state index is 11.9. The number of aryl methyl sites for hydroxylation is 1. The van der Waals surface area contributed by atoms with Gasteiger partial charge in [0.15, 0.2) is 0 Å². The van der Waals surface area contributed by atoms with Crippen LogP contribution in [0, 0.1) is 0 Å². The lowest BCUT2D eigenvalue weighted by Gasteiger charge is -2.18. The molecule has 3 rings (SSSR count). The van der Waals surface area contributed by atoms with E-state index in [0.29, 0.717) is 6.54 Å². The van der Waals surface area contributed by atoms with Crippen LogP contribution in [0.2, 0.25) is 0 Å².